The third-order valence-corrected chi connectivity index (χ3v) is 3.16. The second-order valence-corrected chi connectivity index (χ2v) is 4.82. The number of amides is 1. The van der Waals surface area contributed by atoms with Crippen LogP contribution in [0.5, 0.6) is 0 Å². The minimum absolute atomic E-state index is 0.102. The van der Waals surface area contributed by atoms with Gasteiger partial charge in [0.25, 0.3) is 0 Å². The molecule has 0 saturated carbocycles. The Bertz CT molecular complexity index is 702. The molecule has 124 valence electrons. The molecule has 0 atom stereocenters. The number of hydrogen-bond donors (Lipinski definition) is 2. The van der Waals surface area contributed by atoms with E-state index in [1.165, 1.54) is 12.1 Å². The van der Waals surface area contributed by atoms with E-state index in [1.54, 1.807) is 48.5 Å². The molecule has 7 heteroatoms. The van der Waals surface area contributed by atoms with Crippen LogP contribution in [0, 0.1) is 0 Å². The first-order valence-corrected chi connectivity index (χ1v) is 7.01. The normalized spacial score (nSPS) is 10.2. The van der Waals surface area contributed by atoms with Crippen molar-refractivity contribution in [1.29, 1.82) is 0 Å². The van der Waals surface area contributed by atoms with Gasteiger partial charge in [0.05, 0.1) is 0 Å². The fourth-order valence-corrected chi connectivity index (χ4v) is 2.06. The third kappa shape index (κ3) is 4.10. The Kier molecular flexibility index (Phi) is 5.51. The van der Waals surface area contributed by atoms with Gasteiger partial charge in [-0.2, -0.15) is 0 Å². The number of carbonyl (C=O) groups excluding carboxylic acids is 1. The predicted octanol–water partition coefficient (Wildman–Crippen LogP) is 2.37. The van der Waals surface area contributed by atoms with Crippen molar-refractivity contribution in [3.05, 3.63) is 66.2 Å². The Balaban J connectivity index is 2.26. The van der Waals surface area contributed by atoms with Gasteiger partial charge in [0.1, 0.15) is 6.61 Å². The average Bonchev–Trinajstić information content (AvgIpc) is 2.58. The number of rotatable bonds is 6. The standard InChI is InChI=1S/C17H15NO6/c19-15(20)14(16(21)22)18(13-9-5-2-6-10-13)17(23)24-11-12-7-3-1-4-8-12/h1-10,14H,11H2,(H,19,20)(H,21,22). The summed E-state index contributed by atoms with van der Waals surface area (Å²) in [6, 6.07) is 14.3. The molecule has 0 spiro atoms. The van der Waals surface area contributed by atoms with Gasteiger partial charge < -0.3 is 14.9 Å². The number of carboxylic acids is 2. The zero-order valence-corrected chi connectivity index (χ0v) is 12.5. The first-order chi connectivity index (χ1) is 11.5. The summed E-state index contributed by atoms with van der Waals surface area (Å²) < 4.78 is 5.09. The van der Waals surface area contributed by atoms with Crippen molar-refractivity contribution in [2.75, 3.05) is 4.90 Å². The van der Waals surface area contributed by atoms with Crippen LogP contribution in [0.1, 0.15) is 5.56 Å². The largest absolute Gasteiger partial charge is 0.479 e. The van der Waals surface area contributed by atoms with Crippen LogP contribution in [0.4, 0.5) is 10.5 Å². The highest BCUT2D eigenvalue weighted by Crippen LogP contribution is 2.19. The number of ether oxygens (including phenoxy) is 1. The molecule has 2 aromatic carbocycles. The Morgan fingerprint density at radius 1 is 0.875 bits per heavy atom. The second-order valence-electron chi connectivity index (χ2n) is 4.82. The molecule has 2 N–H and O–H groups in total. The number of hydrogen-bond acceptors (Lipinski definition) is 4. The predicted molar refractivity (Wildman–Crippen MR) is 84.6 cm³/mol. The van der Waals surface area contributed by atoms with Gasteiger partial charge in [-0.3, -0.25) is 4.90 Å². The van der Waals surface area contributed by atoms with Crippen LogP contribution in [-0.4, -0.2) is 34.3 Å². The first-order valence-electron chi connectivity index (χ1n) is 7.01. The van der Waals surface area contributed by atoms with Crippen LogP contribution in [0.2, 0.25) is 0 Å². The summed E-state index contributed by atoms with van der Waals surface area (Å²) in [7, 11) is 0. The molecule has 0 aliphatic rings. The van der Waals surface area contributed by atoms with Crippen molar-refractivity contribution in [2.45, 2.75) is 12.6 Å². The lowest BCUT2D eigenvalue weighted by Gasteiger charge is -2.25. The molecule has 0 fully saturated rings. The topological polar surface area (TPSA) is 104 Å². The van der Waals surface area contributed by atoms with E-state index in [2.05, 4.69) is 0 Å². The van der Waals surface area contributed by atoms with Gasteiger partial charge in [0, 0.05) is 5.69 Å². The van der Waals surface area contributed by atoms with Gasteiger partial charge in [-0.15, -0.1) is 0 Å². The summed E-state index contributed by atoms with van der Waals surface area (Å²) in [5, 5.41) is 18.4. The Morgan fingerprint density at radius 3 is 1.88 bits per heavy atom. The zero-order chi connectivity index (χ0) is 17.5. The molecule has 0 aromatic heterocycles. The molecule has 0 aliphatic carbocycles. The van der Waals surface area contributed by atoms with Crippen LogP contribution in [-0.2, 0) is 20.9 Å². The molecule has 0 radical (unpaired) electrons. The molecule has 0 bridgehead atoms. The highest BCUT2D eigenvalue weighted by atomic mass is 16.6. The monoisotopic (exact) mass is 329 g/mol. The van der Waals surface area contributed by atoms with Crippen molar-refractivity contribution in [3.8, 4) is 0 Å². The van der Waals surface area contributed by atoms with E-state index in [1.807, 2.05) is 0 Å². The van der Waals surface area contributed by atoms with E-state index in [-0.39, 0.29) is 12.3 Å². The molecule has 7 nitrogen and oxygen atoms in total. The summed E-state index contributed by atoms with van der Waals surface area (Å²) in [4.78, 5) is 35.6. The smallest absolute Gasteiger partial charge is 0.415 e. The fourth-order valence-electron chi connectivity index (χ4n) is 2.06. The van der Waals surface area contributed by atoms with Crippen LogP contribution < -0.4 is 4.90 Å². The SMILES string of the molecule is O=C(O)C(C(=O)O)N(C(=O)OCc1ccccc1)c1ccccc1. The van der Waals surface area contributed by atoms with E-state index in [9.17, 15) is 24.6 Å². The Hall–Kier alpha value is -3.35. The maximum atomic E-state index is 12.3. The van der Waals surface area contributed by atoms with Crippen molar-refractivity contribution >= 4 is 23.7 Å². The number of carbonyl (C=O) groups is 3. The third-order valence-electron chi connectivity index (χ3n) is 3.16. The Labute approximate surface area is 137 Å². The van der Waals surface area contributed by atoms with Crippen LogP contribution in [0.15, 0.2) is 60.7 Å². The van der Waals surface area contributed by atoms with E-state index in [0.29, 0.717) is 10.5 Å². The summed E-state index contributed by atoms with van der Waals surface area (Å²) in [5.41, 5.74) is 0.812. The summed E-state index contributed by atoms with van der Waals surface area (Å²) >= 11 is 0. The minimum atomic E-state index is -2.09. The lowest BCUT2D eigenvalue weighted by Crippen LogP contribution is -2.50. The van der Waals surface area contributed by atoms with Crippen molar-refractivity contribution in [3.63, 3.8) is 0 Å². The van der Waals surface area contributed by atoms with E-state index < -0.39 is 24.1 Å². The van der Waals surface area contributed by atoms with Gasteiger partial charge in [0.2, 0.25) is 6.04 Å². The molecule has 0 saturated heterocycles. The lowest BCUT2D eigenvalue weighted by atomic mass is 10.2. The van der Waals surface area contributed by atoms with Gasteiger partial charge in [-0.05, 0) is 17.7 Å². The molecular formula is C17H15NO6. The quantitative estimate of drug-likeness (QED) is 0.789. The van der Waals surface area contributed by atoms with Crippen molar-refractivity contribution < 1.29 is 29.3 Å². The molecule has 0 aliphatic heterocycles. The summed E-state index contributed by atoms with van der Waals surface area (Å²) in [6.07, 6.45) is -1.06. The molecule has 24 heavy (non-hydrogen) atoms. The van der Waals surface area contributed by atoms with Gasteiger partial charge in [-0.1, -0.05) is 48.5 Å². The number of para-hydroxylation sites is 1. The van der Waals surface area contributed by atoms with Crippen LogP contribution >= 0.6 is 0 Å². The number of carboxylic acid groups (broad SMARTS) is 2. The van der Waals surface area contributed by atoms with E-state index >= 15 is 0 Å². The van der Waals surface area contributed by atoms with Gasteiger partial charge in [-0.25, -0.2) is 14.4 Å². The highest BCUT2D eigenvalue weighted by Gasteiger charge is 2.38. The van der Waals surface area contributed by atoms with Crippen molar-refractivity contribution in [1.82, 2.24) is 0 Å². The number of benzene rings is 2. The Morgan fingerprint density at radius 2 is 1.38 bits per heavy atom. The minimum Gasteiger partial charge on any atom is -0.479 e. The van der Waals surface area contributed by atoms with E-state index in [0.717, 1.165) is 0 Å². The van der Waals surface area contributed by atoms with Crippen LogP contribution in [0.3, 0.4) is 0 Å². The van der Waals surface area contributed by atoms with Crippen LogP contribution in [0.25, 0.3) is 0 Å². The number of nitrogens with zero attached hydrogens (tertiary/aromatic N) is 1. The molecule has 1 amide bonds. The lowest BCUT2D eigenvalue weighted by molar-refractivity contribution is -0.149. The molecular weight excluding hydrogens is 314 g/mol. The maximum Gasteiger partial charge on any atom is 0.415 e. The first kappa shape index (κ1) is 17.0. The molecule has 2 rings (SSSR count). The summed E-state index contributed by atoms with van der Waals surface area (Å²) in [5.74, 6) is -3.33. The fraction of sp³-hybridized carbons (Fsp3) is 0.118. The second kappa shape index (κ2) is 7.77. The molecule has 0 heterocycles. The maximum absolute atomic E-state index is 12.3. The van der Waals surface area contributed by atoms with Gasteiger partial charge >= 0.3 is 18.0 Å². The zero-order valence-electron chi connectivity index (χ0n) is 12.5. The van der Waals surface area contributed by atoms with Gasteiger partial charge in [0.15, 0.2) is 0 Å². The van der Waals surface area contributed by atoms with Crippen molar-refractivity contribution in [2.24, 2.45) is 0 Å². The molecule has 2 aromatic rings. The highest BCUT2D eigenvalue weighted by molar-refractivity contribution is 6.08. The summed E-state index contributed by atoms with van der Waals surface area (Å²) in [6.45, 7) is -0.102. The molecule has 0 unspecified atom stereocenters. The average molecular weight is 329 g/mol. The number of anilines is 1. The number of aliphatic carboxylic acids is 2. The van der Waals surface area contributed by atoms with E-state index in [4.69, 9.17) is 4.74 Å².